The maximum atomic E-state index is 13.2. The summed E-state index contributed by atoms with van der Waals surface area (Å²) >= 11 is 0. The van der Waals surface area contributed by atoms with Gasteiger partial charge in [0.15, 0.2) is 6.61 Å². The minimum atomic E-state index is -1.07. The molecule has 1 saturated carbocycles. The van der Waals surface area contributed by atoms with Crippen molar-refractivity contribution in [3.63, 3.8) is 0 Å². The van der Waals surface area contributed by atoms with Gasteiger partial charge in [-0.3, -0.25) is 44.0 Å². The van der Waals surface area contributed by atoms with Gasteiger partial charge in [-0.2, -0.15) is 0 Å². The van der Waals surface area contributed by atoms with Crippen molar-refractivity contribution < 1.29 is 33.5 Å². The molecular formula is C40H48N6O7. The first-order valence-corrected chi connectivity index (χ1v) is 18.9. The van der Waals surface area contributed by atoms with Gasteiger partial charge in [0.05, 0.1) is 27.9 Å². The first-order chi connectivity index (χ1) is 25.7. The van der Waals surface area contributed by atoms with E-state index in [-0.39, 0.29) is 48.1 Å². The van der Waals surface area contributed by atoms with Crippen LogP contribution in [-0.2, 0) is 20.8 Å². The highest BCUT2D eigenvalue weighted by Crippen LogP contribution is 2.34. The lowest BCUT2D eigenvalue weighted by Crippen LogP contribution is -2.54. The van der Waals surface area contributed by atoms with Crippen LogP contribution in [0.5, 0.6) is 5.75 Å². The number of rotatable bonds is 19. The van der Waals surface area contributed by atoms with E-state index in [0.717, 1.165) is 72.9 Å². The quantitative estimate of drug-likeness (QED) is 0.0998. The number of unbranched alkanes of at least 4 members (excludes halogenated alkanes) is 8. The Morgan fingerprint density at radius 1 is 0.906 bits per heavy atom. The SMILES string of the molecule is CNC(=O)c1cnc2ccc(CCCCCCCCCCCNC(=O)COc3cccc4c3C(=O)N(C3CCC(=O)NC3=O)C4=O)cc2c1NC1CC1. The molecule has 2 aliphatic heterocycles. The van der Waals surface area contributed by atoms with Crippen molar-refractivity contribution >= 4 is 52.0 Å². The number of benzene rings is 2. The monoisotopic (exact) mass is 724 g/mol. The molecule has 3 aliphatic rings. The number of hydrogen-bond donors (Lipinski definition) is 4. The van der Waals surface area contributed by atoms with Gasteiger partial charge in [-0.15, -0.1) is 0 Å². The van der Waals surface area contributed by atoms with Gasteiger partial charge < -0.3 is 20.7 Å². The second kappa shape index (κ2) is 17.5. The highest BCUT2D eigenvalue weighted by atomic mass is 16.5. The van der Waals surface area contributed by atoms with Crippen molar-refractivity contribution in [2.24, 2.45) is 0 Å². The molecule has 3 heterocycles. The van der Waals surface area contributed by atoms with E-state index in [1.54, 1.807) is 19.3 Å². The molecule has 2 fully saturated rings. The van der Waals surface area contributed by atoms with Crippen molar-refractivity contribution in [1.29, 1.82) is 0 Å². The zero-order chi connectivity index (χ0) is 37.3. The third-order valence-electron chi connectivity index (χ3n) is 10.1. The summed E-state index contributed by atoms with van der Waals surface area (Å²) in [6.07, 6.45) is 15.0. The Morgan fingerprint density at radius 3 is 2.36 bits per heavy atom. The molecule has 280 valence electrons. The van der Waals surface area contributed by atoms with E-state index in [4.69, 9.17) is 4.74 Å². The number of carbonyl (C=O) groups is 6. The number of nitrogens with one attached hydrogen (secondary N) is 4. The van der Waals surface area contributed by atoms with Crippen molar-refractivity contribution in [2.45, 2.75) is 102 Å². The molecule has 1 atom stereocenters. The Bertz CT molecular complexity index is 1890. The van der Waals surface area contributed by atoms with E-state index in [0.29, 0.717) is 18.2 Å². The first-order valence-electron chi connectivity index (χ1n) is 18.9. The van der Waals surface area contributed by atoms with Crippen LogP contribution in [0.15, 0.2) is 42.6 Å². The van der Waals surface area contributed by atoms with Crippen molar-refractivity contribution in [2.75, 3.05) is 25.5 Å². The molecule has 6 amide bonds. The molecule has 0 spiro atoms. The normalized spacial score (nSPS) is 16.8. The minimum absolute atomic E-state index is 0.0200. The number of aryl methyl sites for hydroxylation is 1. The average Bonchev–Trinajstić information content (AvgIpc) is 3.94. The minimum Gasteiger partial charge on any atom is -0.483 e. The van der Waals surface area contributed by atoms with Gasteiger partial charge in [0.25, 0.3) is 23.6 Å². The second-order valence-corrected chi connectivity index (χ2v) is 14.1. The molecule has 1 unspecified atom stereocenters. The highest BCUT2D eigenvalue weighted by molar-refractivity contribution is 6.24. The summed E-state index contributed by atoms with van der Waals surface area (Å²) in [5, 5.41) is 12.3. The molecule has 1 aromatic heterocycles. The zero-order valence-electron chi connectivity index (χ0n) is 30.3. The molecule has 3 aromatic rings. The Kier molecular flexibility index (Phi) is 12.3. The van der Waals surface area contributed by atoms with Gasteiger partial charge in [-0.25, -0.2) is 0 Å². The van der Waals surface area contributed by atoms with E-state index < -0.39 is 29.7 Å². The third-order valence-corrected chi connectivity index (χ3v) is 10.1. The lowest BCUT2D eigenvalue weighted by atomic mass is 10.0. The Hall–Kier alpha value is -5.33. The summed E-state index contributed by atoms with van der Waals surface area (Å²) in [5.41, 5.74) is 3.77. The molecule has 13 nitrogen and oxygen atoms in total. The average molecular weight is 725 g/mol. The summed E-state index contributed by atoms with van der Waals surface area (Å²) in [6, 6.07) is 10.3. The fourth-order valence-corrected chi connectivity index (χ4v) is 7.01. The summed E-state index contributed by atoms with van der Waals surface area (Å²) < 4.78 is 5.65. The molecule has 1 aliphatic carbocycles. The van der Waals surface area contributed by atoms with Crippen molar-refractivity contribution in [3.8, 4) is 5.75 Å². The maximum Gasteiger partial charge on any atom is 0.266 e. The van der Waals surface area contributed by atoms with E-state index >= 15 is 0 Å². The molecule has 6 rings (SSSR count). The van der Waals surface area contributed by atoms with Gasteiger partial charge in [0.1, 0.15) is 11.8 Å². The van der Waals surface area contributed by atoms with E-state index in [1.807, 2.05) is 0 Å². The number of carbonyl (C=O) groups excluding carboxylic acids is 6. The number of hydrogen-bond acceptors (Lipinski definition) is 9. The molecule has 0 bridgehead atoms. The van der Waals surface area contributed by atoms with Crippen LogP contribution in [0.1, 0.15) is 120 Å². The zero-order valence-corrected chi connectivity index (χ0v) is 30.3. The summed E-state index contributed by atoms with van der Waals surface area (Å²) in [5.74, 6) is -2.78. The smallest absolute Gasteiger partial charge is 0.266 e. The predicted octanol–water partition coefficient (Wildman–Crippen LogP) is 4.82. The number of amides is 6. The van der Waals surface area contributed by atoms with Crippen LogP contribution < -0.4 is 26.0 Å². The molecular weight excluding hydrogens is 676 g/mol. The van der Waals surface area contributed by atoms with E-state index in [2.05, 4.69) is 44.5 Å². The number of aromatic nitrogens is 1. The second-order valence-electron chi connectivity index (χ2n) is 14.1. The Balaban J connectivity index is 0.828. The molecule has 2 aromatic carbocycles. The predicted molar refractivity (Wildman–Crippen MR) is 199 cm³/mol. The van der Waals surface area contributed by atoms with Gasteiger partial charge >= 0.3 is 0 Å². The largest absolute Gasteiger partial charge is 0.483 e. The van der Waals surface area contributed by atoms with Crippen LogP contribution in [-0.4, -0.2) is 77.6 Å². The van der Waals surface area contributed by atoms with Crippen LogP contribution in [0.2, 0.25) is 0 Å². The number of pyridine rings is 1. The number of nitrogens with zero attached hydrogens (tertiary/aromatic N) is 2. The molecule has 0 radical (unpaired) electrons. The van der Waals surface area contributed by atoms with Crippen LogP contribution >= 0.6 is 0 Å². The van der Waals surface area contributed by atoms with Crippen molar-refractivity contribution in [1.82, 2.24) is 25.8 Å². The fourth-order valence-electron chi connectivity index (χ4n) is 7.01. The summed E-state index contributed by atoms with van der Waals surface area (Å²) in [4.78, 5) is 80.4. The van der Waals surface area contributed by atoms with Crippen LogP contribution in [0.4, 0.5) is 5.69 Å². The van der Waals surface area contributed by atoms with Gasteiger partial charge in [-0.1, -0.05) is 57.1 Å². The van der Waals surface area contributed by atoms with Gasteiger partial charge in [0.2, 0.25) is 11.8 Å². The number of imide groups is 2. The number of ether oxygens (including phenoxy) is 1. The Morgan fingerprint density at radius 2 is 1.64 bits per heavy atom. The first kappa shape index (κ1) is 37.4. The summed E-state index contributed by atoms with van der Waals surface area (Å²) in [6.45, 7) is 0.206. The summed E-state index contributed by atoms with van der Waals surface area (Å²) in [7, 11) is 1.64. The maximum absolute atomic E-state index is 13.2. The fraction of sp³-hybridized carbons (Fsp3) is 0.475. The Labute approximate surface area is 309 Å². The lowest BCUT2D eigenvalue weighted by molar-refractivity contribution is -0.136. The molecule has 53 heavy (non-hydrogen) atoms. The van der Waals surface area contributed by atoms with Crippen LogP contribution in [0, 0.1) is 0 Å². The van der Waals surface area contributed by atoms with Gasteiger partial charge in [-0.05, 0) is 68.4 Å². The molecule has 13 heteroatoms. The topological polar surface area (TPSA) is 176 Å². The standard InChI is InChI=1S/C40H48N6O7/c1-41-37(49)29-23-43-30-18-15-25(22-28(30)36(29)44-26-16-17-26)12-9-7-5-3-2-4-6-8-10-21-42-34(48)24-53-32-14-11-13-27-35(32)40(52)46(39(27)51)31-19-20-33(47)45-38(31)50/h11,13-15,18,22-23,26,31H,2-10,12,16-17,19-21,24H2,1H3,(H,41,49)(H,42,48)(H,43,44)(H,45,47,50). The van der Waals surface area contributed by atoms with Crippen LogP contribution in [0.3, 0.4) is 0 Å². The van der Waals surface area contributed by atoms with Gasteiger partial charge in [0, 0.05) is 37.6 Å². The third kappa shape index (κ3) is 9.19. The number of piperidine rings is 1. The van der Waals surface area contributed by atoms with E-state index in [1.165, 1.54) is 43.4 Å². The lowest BCUT2D eigenvalue weighted by Gasteiger charge is -2.27. The number of anilines is 1. The van der Waals surface area contributed by atoms with E-state index in [9.17, 15) is 28.8 Å². The van der Waals surface area contributed by atoms with Crippen molar-refractivity contribution in [3.05, 3.63) is 64.8 Å². The highest BCUT2D eigenvalue weighted by Gasteiger charge is 2.46. The molecule has 4 N–H and O–H groups in total. The van der Waals surface area contributed by atoms with Crippen LogP contribution in [0.25, 0.3) is 10.9 Å². The number of fused-ring (bicyclic) bond motifs is 2. The molecule has 1 saturated heterocycles.